The fourth-order valence-electron chi connectivity index (χ4n) is 3.52. The summed E-state index contributed by atoms with van der Waals surface area (Å²) in [6.07, 6.45) is 2.12. The van der Waals surface area contributed by atoms with Gasteiger partial charge in [-0.3, -0.25) is 0 Å². The van der Waals surface area contributed by atoms with Gasteiger partial charge in [0.05, 0.1) is 9.75 Å². The predicted molar refractivity (Wildman–Crippen MR) is 198 cm³/mol. The van der Waals surface area contributed by atoms with Crippen LogP contribution in [0.1, 0.15) is 110 Å². The maximum Gasteiger partial charge on any atom is 0.516 e. The summed E-state index contributed by atoms with van der Waals surface area (Å²) in [5.41, 5.74) is 0. The third kappa shape index (κ3) is 18.2. The summed E-state index contributed by atoms with van der Waals surface area (Å²) in [7, 11) is 8.47. The molecule has 0 saturated heterocycles. The van der Waals surface area contributed by atoms with Gasteiger partial charge in [-0.05, 0) is 155 Å². The van der Waals surface area contributed by atoms with E-state index in [-0.39, 0.29) is 46.4 Å². The summed E-state index contributed by atoms with van der Waals surface area (Å²) in [6.45, 7) is 29.1. The van der Waals surface area contributed by atoms with Crippen LogP contribution < -0.4 is 0 Å². The van der Waals surface area contributed by atoms with Crippen LogP contribution in [0.2, 0.25) is 0 Å². The summed E-state index contributed by atoms with van der Waals surface area (Å²) in [5.74, 6) is 0. The van der Waals surface area contributed by atoms with E-state index in [1.165, 1.54) is 0 Å². The molecule has 40 heavy (non-hydrogen) atoms. The molecule has 2 atom stereocenters. The summed E-state index contributed by atoms with van der Waals surface area (Å²) in [5, 5.41) is 0. The smallest absolute Gasteiger partial charge is 0.370 e. The van der Waals surface area contributed by atoms with Crippen LogP contribution in [0.3, 0.4) is 0 Å². The van der Waals surface area contributed by atoms with Crippen molar-refractivity contribution in [1.82, 2.24) is 0 Å². The molecule has 0 aliphatic heterocycles. The fraction of sp³-hybridized carbons (Fsp3) is 1.00. The Morgan fingerprint density at radius 1 is 0.375 bits per heavy atom. The zero-order valence-electron chi connectivity index (χ0n) is 26.7. The number of hydrogen-bond acceptors (Lipinski definition) is 14. The van der Waals surface area contributed by atoms with Crippen molar-refractivity contribution in [3.63, 3.8) is 0 Å². The van der Waals surface area contributed by atoms with Crippen LogP contribution in [-0.2, 0) is 26.6 Å². The summed E-state index contributed by atoms with van der Waals surface area (Å²) in [6, 6.07) is 0. The standard InChI is InChI=1S/C24H54O6S8Si2/c1-15-23(39(25-17(3)4,26-18(5)6)27-19(7)8)31-33-35-37-38-36-34-32-24(16-2)40(28-20(9)10,29-21(11)12)30-22(13)14/h17-24H,15-16H2,1-14H3. The monoisotopic (exact) mass is 750 g/mol. The Morgan fingerprint density at radius 3 is 0.750 bits per heavy atom. The highest BCUT2D eigenvalue weighted by Gasteiger charge is 2.53. The van der Waals surface area contributed by atoms with Gasteiger partial charge in [0, 0.05) is 36.6 Å². The highest BCUT2D eigenvalue weighted by Crippen LogP contribution is 2.59. The molecule has 0 aliphatic rings. The molecule has 0 aliphatic carbocycles. The van der Waals surface area contributed by atoms with Crippen LogP contribution in [0.15, 0.2) is 0 Å². The van der Waals surface area contributed by atoms with E-state index in [2.05, 4.69) is 96.9 Å². The maximum atomic E-state index is 6.46. The Balaban J connectivity index is 4.98. The van der Waals surface area contributed by atoms with Crippen LogP contribution in [0.4, 0.5) is 0 Å². The molecule has 2 unspecified atom stereocenters. The molecular formula is C24H54O6S8Si2. The molecule has 0 aromatic carbocycles. The lowest BCUT2D eigenvalue weighted by Crippen LogP contribution is -2.58. The average molecular weight is 751 g/mol. The zero-order chi connectivity index (χ0) is 30.9. The molecule has 6 nitrogen and oxygen atoms in total. The highest BCUT2D eigenvalue weighted by molar-refractivity contribution is 9.48. The van der Waals surface area contributed by atoms with Crippen LogP contribution in [-0.4, -0.2) is 64.0 Å². The van der Waals surface area contributed by atoms with Crippen molar-refractivity contribution in [1.29, 1.82) is 0 Å². The van der Waals surface area contributed by atoms with E-state index in [4.69, 9.17) is 26.6 Å². The molecule has 0 aromatic heterocycles. The van der Waals surface area contributed by atoms with E-state index >= 15 is 0 Å². The van der Waals surface area contributed by atoms with Crippen LogP contribution in [0.5, 0.6) is 0 Å². The molecule has 0 rings (SSSR count). The van der Waals surface area contributed by atoms with E-state index in [0.29, 0.717) is 0 Å². The van der Waals surface area contributed by atoms with Gasteiger partial charge < -0.3 is 26.6 Å². The maximum absolute atomic E-state index is 6.46. The lowest BCUT2D eigenvalue weighted by molar-refractivity contribution is 0.000492. The van der Waals surface area contributed by atoms with Gasteiger partial charge in [0.15, 0.2) is 0 Å². The zero-order valence-corrected chi connectivity index (χ0v) is 35.3. The Labute approximate surface area is 278 Å². The minimum atomic E-state index is -2.90. The second-order valence-electron chi connectivity index (χ2n) is 10.6. The topological polar surface area (TPSA) is 55.4 Å². The molecule has 0 bridgehead atoms. The van der Waals surface area contributed by atoms with Crippen molar-refractivity contribution >= 4 is 98.2 Å². The lowest BCUT2D eigenvalue weighted by Gasteiger charge is -2.38. The lowest BCUT2D eigenvalue weighted by atomic mass is 10.5. The summed E-state index contributed by atoms with van der Waals surface area (Å²) >= 11 is 0. The highest BCUT2D eigenvalue weighted by atomic mass is 34.0. The van der Waals surface area contributed by atoms with Crippen LogP contribution >= 0.6 is 80.5 Å². The number of hydrogen-bond donors (Lipinski definition) is 0. The summed E-state index contributed by atoms with van der Waals surface area (Å²) < 4.78 is 38.7. The average Bonchev–Trinajstić information content (AvgIpc) is 2.77. The molecule has 0 radical (unpaired) electrons. The van der Waals surface area contributed by atoms with E-state index in [9.17, 15) is 0 Å². The normalized spacial score (nSPS) is 15.0. The predicted octanol–water partition coefficient (Wildman–Crippen LogP) is 11.3. The summed E-state index contributed by atoms with van der Waals surface area (Å²) in [4.78, 5) is 0.318. The van der Waals surface area contributed by atoms with Crippen molar-refractivity contribution in [2.45, 2.75) is 156 Å². The van der Waals surface area contributed by atoms with E-state index in [1.54, 1.807) is 59.0 Å². The Morgan fingerprint density at radius 2 is 0.575 bits per heavy atom. The van der Waals surface area contributed by atoms with Gasteiger partial charge in [-0.1, -0.05) is 35.4 Å². The first-order chi connectivity index (χ1) is 18.6. The van der Waals surface area contributed by atoms with Gasteiger partial charge in [-0.25, -0.2) is 0 Å². The van der Waals surface area contributed by atoms with Crippen LogP contribution in [0.25, 0.3) is 0 Å². The SMILES string of the molecule is CCC(SSSSSSSSC(CC)[Si](OC(C)C)(OC(C)C)OC(C)C)[Si](OC(C)C)(OC(C)C)OC(C)C. The van der Waals surface area contributed by atoms with Crippen molar-refractivity contribution in [2.24, 2.45) is 0 Å². The minimum Gasteiger partial charge on any atom is -0.370 e. The molecule has 0 aromatic rings. The van der Waals surface area contributed by atoms with E-state index in [1.807, 2.05) is 21.6 Å². The van der Waals surface area contributed by atoms with E-state index in [0.717, 1.165) is 12.8 Å². The van der Waals surface area contributed by atoms with Gasteiger partial charge in [0.2, 0.25) is 0 Å². The molecule has 0 saturated carbocycles. The molecule has 0 fully saturated rings. The second kappa shape index (κ2) is 23.3. The first-order valence-electron chi connectivity index (χ1n) is 14.0. The van der Waals surface area contributed by atoms with Crippen molar-refractivity contribution < 1.29 is 26.6 Å². The molecular weight excluding hydrogens is 697 g/mol. The van der Waals surface area contributed by atoms with Gasteiger partial charge in [-0.15, -0.1) is 0 Å². The Kier molecular flexibility index (Phi) is 25.1. The van der Waals surface area contributed by atoms with Crippen molar-refractivity contribution in [2.75, 3.05) is 0 Å². The third-order valence-corrected chi connectivity index (χ3v) is 30.7. The Bertz CT molecular complexity index is 533. The molecule has 0 spiro atoms. The van der Waals surface area contributed by atoms with Gasteiger partial charge in [0.1, 0.15) is 0 Å². The first-order valence-corrected chi connectivity index (χ1v) is 27.9. The molecule has 0 amide bonds. The molecule has 0 N–H and O–H groups in total. The van der Waals surface area contributed by atoms with Gasteiger partial charge >= 0.3 is 17.6 Å². The molecule has 0 heterocycles. The van der Waals surface area contributed by atoms with Crippen LogP contribution in [0, 0.1) is 0 Å². The molecule has 242 valence electrons. The first kappa shape index (κ1) is 43.0. The number of rotatable bonds is 25. The van der Waals surface area contributed by atoms with Gasteiger partial charge in [0.25, 0.3) is 0 Å². The fourth-order valence-corrected chi connectivity index (χ4v) is 33.0. The minimum absolute atomic E-state index is 0.0453. The second-order valence-corrected chi connectivity index (χ2v) is 30.0. The van der Waals surface area contributed by atoms with Gasteiger partial charge in [-0.2, -0.15) is 0 Å². The van der Waals surface area contributed by atoms with E-state index < -0.39 is 17.6 Å². The van der Waals surface area contributed by atoms with Crippen molar-refractivity contribution in [3.8, 4) is 0 Å². The van der Waals surface area contributed by atoms with Crippen molar-refractivity contribution in [3.05, 3.63) is 0 Å². The third-order valence-electron chi connectivity index (χ3n) is 4.38. The quantitative estimate of drug-likeness (QED) is 0.0505. The Hall–Kier alpha value is 2.99. The molecule has 16 heteroatoms. The largest absolute Gasteiger partial charge is 0.516 e.